The Morgan fingerprint density at radius 2 is 1.59 bits per heavy atom. The number of fused-ring (bicyclic) bond motifs is 1. The number of imidazole rings is 1. The highest BCUT2D eigenvalue weighted by Crippen LogP contribution is 2.25. The van der Waals surface area contributed by atoms with Gasteiger partial charge in [0.25, 0.3) is 0 Å². The monoisotopic (exact) mass is 287 g/mol. The number of pyridine rings is 1. The van der Waals surface area contributed by atoms with E-state index in [4.69, 9.17) is 0 Å². The van der Waals surface area contributed by atoms with E-state index in [9.17, 15) is 5.11 Å². The summed E-state index contributed by atoms with van der Waals surface area (Å²) in [6.07, 6.45) is 3.61. The fourth-order valence-corrected chi connectivity index (χ4v) is 2.49. The van der Waals surface area contributed by atoms with Crippen molar-refractivity contribution in [2.75, 3.05) is 0 Å². The summed E-state index contributed by atoms with van der Waals surface area (Å²) in [6, 6.07) is 19.1. The van der Waals surface area contributed by atoms with Gasteiger partial charge >= 0.3 is 0 Å². The Morgan fingerprint density at radius 1 is 0.818 bits per heavy atom. The van der Waals surface area contributed by atoms with Gasteiger partial charge in [0.15, 0.2) is 5.65 Å². The molecule has 4 nitrogen and oxygen atoms in total. The largest absolute Gasteiger partial charge is 0.508 e. The predicted molar refractivity (Wildman–Crippen MR) is 86.0 cm³/mol. The average molecular weight is 287 g/mol. The van der Waals surface area contributed by atoms with Crippen molar-refractivity contribution in [3.8, 4) is 22.6 Å². The number of rotatable bonds is 2. The standard InChI is InChI=1S/C18H13N3O/c22-16-8-6-13(7-9-16)14-10-17-18(19-11-14)21(12-20-17)15-4-2-1-3-5-15/h1-12,22H. The molecule has 0 fully saturated rings. The van der Waals surface area contributed by atoms with E-state index in [0.29, 0.717) is 0 Å². The van der Waals surface area contributed by atoms with Crippen molar-refractivity contribution in [3.63, 3.8) is 0 Å². The summed E-state index contributed by atoms with van der Waals surface area (Å²) >= 11 is 0. The molecule has 0 aliphatic carbocycles. The van der Waals surface area contributed by atoms with Crippen molar-refractivity contribution in [3.05, 3.63) is 73.2 Å². The van der Waals surface area contributed by atoms with Crippen molar-refractivity contribution in [2.24, 2.45) is 0 Å². The second kappa shape index (κ2) is 5.00. The SMILES string of the molecule is Oc1ccc(-c2cnc3c(c2)ncn3-c2ccccc2)cc1. The third-order valence-electron chi connectivity index (χ3n) is 3.62. The number of nitrogens with zero attached hydrogens (tertiary/aromatic N) is 3. The molecule has 1 N–H and O–H groups in total. The number of hydrogen-bond acceptors (Lipinski definition) is 3. The first-order chi connectivity index (χ1) is 10.8. The minimum absolute atomic E-state index is 0.256. The summed E-state index contributed by atoms with van der Waals surface area (Å²) < 4.78 is 1.97. The van der Waals surface area contributed by atoms with E-state index in [0.717, 1.165) is 28.0 Å². The molecule has 2 aromatic heterocycles. The lowest BCUT2D eigenvalue weighted by Gasteiger charge is -2.04. The molecular weight excluding hydrogens is 274 g/mol. The summed E-state index contributed by atoms with van der Waals surface area (Å²) in [5.41, 5.74) is 4.69. The maximum Gasteiger partial charge on any atom is 0.164 e. The van der Waals surface area contributed by atoms with Crippen LogP contribution >= 0.6 is 0 Å². The lowest BCUT2D eigenvalue weighted by Crippen LogP contribution is -1.93. The second-order valence-electron chi connectivity index (χ2n) is 5.06. The van der Waals surface area contributed by atoms with Gasteiger partial charge in [-0.1, -0.05) is 30.3 Å². The fourth-order valence-electron chi connectivity index (χ4n) is 2.49. The van der Waals surface area contributed by atoms with E-state index in [1.165, 1.54) is 0 Å². The zero-order valence-corrected chi connectivity index (χ0v) is 11.7. The maximum absolute atomic E-state index is 9.37. The van der Waals surface area contributed by atoms with Crippen LogP contribution in [0.4, 0.5) is 0 Å². The molecule has 0 unspecified atom stereocenters. The highest BCUT2D eigenvalue weighted by atomic mass is 16.3. The highest BCUT2D eigenvalue weighted by molar-refractivity contribution is 5.79. The van der Waals surface area contributed by atoms with Gasteiger partial charge in [-0.3, -0.25) is 4.57 Å². The predicted octanol–water partition coefficient (Wildman–Crippen LogP) is 3.79. The number of phenolic OH excluding ortho intramolecular Hbond substituents is 1. The van der Waals surface area contributed by atoms with Crippen LogP contribution in [0.3, 0.4) is 0 Å². The molecular formula is C18H13N3O. The first-order valence-electron chi connectivity index (χ1n) is 6.99. The van der Waals surface area contributed by atoms with Crippen molar-refractivity contribution in [2.45, 2.75) is 0 Å². The van der Waals surface area contributed by atoms with E-state index >= 15 is 0 Å². The Balaban J connectivity index is 1.82. The van der Waals surface area contributed by atoms with Crippen LogP contribution < -0.4 is 0 Å². The van der Waals surface area contributed by atoms with Gasteiger partial charge in [0, 0.05) is 17.4 Å². The maximum atomic E-state index is 9.37. The van der Waals surface area contributed by atoms with Crippen molar-refractivity contribution >= 4 is 11.2 Å². The molecule has 0 bridgehead atoms. The van der Waals surface area contributed by atoms with Gasteiger partial charge in [-0.15, -0.1) is 0 Å². The molecule has 0 spiro atoms. The summed E-state index contributed by atoms with van der Waals surface area (Å²) in [5, 5.41) is 9.37. The van der Waals surface area contributed by atoms with Crippen LogP contribution in [0.25, 0.3) is 28.0 Å². The molecule has 106 valence electrons. The van der Waals surface area contributed by atoms with Crippen LogP contribution in [0.2, 0.25) is 0 Å². The molecule has 4 aromatic rings. The third kappa shape index (κ3) is 2.11. The van der Waals surface area contributed by atoms with Crippen molar-refractivity contribution in [1.29, 1.82) is 0 Å². The highest BCUT2D eigenvalue weighted by Gasteiger charge is 2.07. The van der Waals surface area contributed by atoms with E-state index < -0.39 is 0 Å². The van der Waals surface area contributed by atoms with Gasteiger partial charge in [-0.05, 0) is 35.9 Å². The first-order valence-corrected chi connectivity index (χ1v) is 6.99. The van der Waals surface area contributed by atoms with Gasteiger partial charge in [0.2, 0.25) is 0 Å². The molecule has 2 aromatic carbocycles. The Morgan fingerprint density at radius 3 is 2.36 bits per heavy atom. The van der Waals surface area contributed by atoms with Crippen molar-refractivity contribution < 1.29 is 5.11 Å². The van der Waals surface area contributed by atoms with Crippen molar-refractivity contribution in [1.82, 2.24) is 14.5 Å². The third-order valence-corrected chi connectivity index (χ3v) is 3.62. The summed E-state index contributed by atoms with van der Waals surface area (Å²) in [6.45, 7) is 0. The Hall–Kier alpha value is -3.14. The zero-order chi connectivity index (χ0) is 14.9. The van der Waals surface area contributed by atoms with Gasteiger partial charge in [-0.2, -0.15) is 0 Å². The Bertz CT molecular complexity index is 928. The van der Waals surface area contributed by atoms with Gasteiger partial charge in [0.1, 0.15) is 17.6 Å². The van der Waals surface area contributed by atoms with E-state index in [-0.39, 0.29) is 5.75 Å². The molecule has 0 saturated heterocycles. The first kappa shape index (κ1) is 12.6. The topological polar surface area (TPSA) is 50.9 Å². The van der Waals surface area contributed by atoms with E-state index in [2.05, 4.69) is 9.97 Å². The normalized spacial score (nSPS) is 10.9. The van der Waals surface area contributed by atoms with Gasteiger partial charge in [-0.25, -0.2) is 9.97 Å². The molecule has 0 saturated carbocycles. The minimum atomic E-state index is 0.256. The summed E-state index contributed by atoms with van der Waals surface area (Å²) in [4.78, 5) is 9.00. The number of para-hydroxylation sites is 1. The van der Waals surface area contributed by atoms with Crippen LogP contribution in [-0.2, 0) is 0 Å². The number of hydrogen-bond donors (Lipinski definition) is 1. The Kier molecular flexibility index (Phi) is 2.86. The fraction of sp³-hybridized carbons (Fsp3) is 0. The molecule has 0 atom stereocenters. The van der Waals surface area contributed by atoms with Crippen LogP contribution in [-0.4, -0.2) is 19.6 Å². The second-order valence-corrected chi connectivity index (χ2v) is 5.06. The number of aromatic nitrogens is 3. The van der Waals surface area contributed by atoms with Gasteiger partial charge in [0.05, 0.1) is 0 Å². The van der Waals surface area contributed by atoms with Gasteiger partial charge < -0.3 is 5.11 Å². The van der Waals surface area contributed by atoms with Crippen LogP contribution in [0.1, 0.15) is 0 Å². The summed E-state index contributed by atoms with van der Waals surface area (Å²) in [7, 11) is 0. The van der Waals surface area contributed by atoms with Crippen LogP contribution in [0.5, 0.6) is 5.75 Å². The smallest absolute Gasteiger partial charge is 0.164 e. The summed E-state index contributed by atoms with van der Waals surface area (Å²) in [5.74, 6) is 0.256. The molecule has 4 heteroatoms. The van der Waals surface area contributed by atoms with E-state index in [1.54, 1.807) is 18.5 Å². The molecule has 4 rings (SSSR count). The molecule has 2 heterocycles. The lowest BCUT2D eigenvalue weighted by molar-refractivity contribution is 0.475. The minimum Gasteiger partial charge on any atom is -0.508 e. The number of aromatic hydroxyl groups is 1. The van der Waals surface area contributed by atoms with E-state index in [1.807, 2.05) is 59.3 Å². The number of benzene rings is 2. The molecule has 0 aliphatic rings. The molecule has 22 heavy (non-hydrogen) atoms. The van der Waals surface area contributed by atoms with Crippen LogP contribution in [0, 0.1) is 0 Å². The average Bonchev–Trinajstić information content (AvgIpc) is 2.99. The van der Waals surface area contributed by atoms with Crippen LogP contribution in [0.15, 0.2) is 73.2 Å². The lowest BCUT2D eigenvalue weighted by atomic mass is 10.1. The quantitative estimate of drug-likeness (QED) is 0.610. The molecule has 0 amide bonds. The molecule has 0 radical (unpaired) electrons. The Labute approximate surface area is 127 Å². The number of phenols is 1. The zero-order valence-electron chi connectivity index (χ0n) is 11.7. The molecule has 0 aliphatic heterocycles.